The molecule has 0 fully saturated rings. The quantitative estimate of drug-likeness (QED) is 0.810. The number of aromatic hydroxyl groups is 1. The molecule has 16 heavy (non-hydrogen) atoms. The number of hydrogen-bond donors (Lipinski definition) is 2. The second kappa shape index (κ2) is 3.93. The molecule has 0 saturated heterocycles. The molecule has 0 aliphatic heterocycles. The highest BCUT2D eigenvalue weighted by Crippen LogP contribution is 2.27. The number of nitrogen functional groups attached to an aromatic ring is 1. The van der Waals surface area contributed by atoms with E-state index in [-0.39, 0.29) is 5.75 Å². The number of phenolic OH excluding ortho intramolecular Hbond substituents is 1. The first-order valence-electron chi connectivity index (χ1n) is 5.34. The Morgan fingerprint density at radius 3 is 2.50 bits per heavy atom. The Bertz CT molecular complexity index is 500. The summed E-state index contributed by atoms with van der Waals surface area (Å²) in [5.41, 5.74) is 7.93. The molecule has 0 amide bonds. The molecular weight excluding hydrogens is 200 g/mol. The van der Waals surface area contributed by atoms with Gasteiger partial charge in [-0.15, -0.1) is 0 Å². The number of hydrogen-bond acceptors (Lipinski definition) is 2. The van der Waals surface area contributed by atoms with Crippen molar-refractivity contribution in [3.8, 4) is 16.9 Å². The maximum absolute atomic E-state index is 9.42. The summed E-state index contributed by atoms with van der Waals surface area (Å²) in [6, 6.07) is 9.44. The minimum Gasteiger partial charge on any atom is -0.508 e. The molecular formula is C13H16N2O. The van der Waals surface area contributed by atoms with Gasteiger partial charge in [-0.2, -0.15) is 0 Å². The number of anilines is 1. The van der Waals surface area contributed by atoms with E-state index in [1.165, 1.54) is 0 Å². The van der Waals surface area contributed by atoms with E-state index in [9.17, 15) is 5.11 Å². The number of nitrogens with two attached hydrogens (primary N) is 1. The average molecular weight is 216 g/mol. The Balaban J connectivity index is 2.45. The van der Waals surface area contributed by atoms with Crippen LogP contribution in [0.3, 0.4) is 0 Å². The van der Waals surface area contributed by atoms with Crippen LogP contribution in [0.25, 0.3) is 11.1 Å². The van der Waals surface area contributed by atoms with E-state index in [0.29, 0.717) is 6.04 Å². The van der Waals surface area contributed by atoms with Crippen LogP contribution in [-0.4, -0.2) is 9.67 Å². The van der Waals surface area contributed by atoms with Gasteiger partial charge in [-0.3, -0.25) is 0 Å². The number of nitrogens with zero attached hydrogens (tertiary/aromatic N) is 1. The largest absolute Gasteiger partial charge is 0.508 e. The zero-order chi connectivity index (χ0) is 11.7. The summed E-state index contributed by atoms with van der Waals surface area (Å²) in [7, 11) is 0. The molecule has 3 heteroatoms. The van der Waals surface area contributed by atoms with Gasteiger partial charge >= 0.3 is 0 Å². The predicted octanol–water partition coefficient (Wildman–Crippen LogP) is 3.02. The van der Waals surface area contributed by atoms with Gasteiger partial charge in [0.25, 0.3) is 0 Å². The summed E-state index contributed by atoms with van der Waals surface area (Å²) in [4.78, 5) is 0. The molecule has 84 valence electrons. The van der Waals surface area contributed by atoms with Gasteiger partial charge in [0.05, 0.1) is 0 Å². The number of phenols is 1. The lowest BCUT2D eigenvalue weighted by molar-refractivity contribution is 0.475. The topological polar surface area (TPSA) is 51.2 Å². The van der Waals surface area contributed by atoms with Gasteiger partial charge < -0.3 is 15.4 Å². The Kier molecular flexibility index (Phi) is 2.60. The number of benzene rings is 1. The third-order valence-electron chi connectivity index (χ3n) is 2.62. The van der Waals surface area contributed by atoms with Gasteiger partial charge in [0.1, 0.15) is 11.6 Å². The first-order chi connectivity index (χ1) is 7.58. The Hall–Kier alpha value is -1.90. The van der Waals surface area contributed by atoms with Gasteiger partial charge in [-0.1, -0.05) is 12.1 Å². The Labute approximate surface area is 95.1 Å². The van der Waals surface area contributed by atoms with Gasteiger partial charge in [0.2, 0.25) is 0 Å². The van der Waals surface area contributed by atoms with Crippen LogP contribution in [0.2, 0.25) is 0 Å². The molecule has 0 spiro atoms. The van der Waals surface area contributed by atoms with Gasteiger partial charge in [-0.25, -0.2) is 0 Å². The molecule has 0 atom stereocenters. The molecule has 0 unspecified atom stereocenters. The molecule has 1 heterocycles. The third kappa shape index (κ3) is 1.89. The van der Waals surface area contributed by atoms with Gasteiger partial charge in [0.15, 0.2) is 0 Å². The van der Waals surface area contributed by atoms with Crippen LogP contribution >= 0.6 is 0 Å². The molecule has 0 saturated carbocycles. The average Bonchev–Trinajstić information content (AvgIpc) is 2.60. The van der Waals surface area contributed by atoms with Crippen molar-refractivity contribution in [3.05, 3.63) is 36.5 Å². The van der Waals surface area contributed by atoms with Crippen molar-refractivity contribution in [2.75, 3.05) is 5.73 Å². The van der Waals surface area contributed by atoms with E-state index in [1.807, 2.05) is 29.0 Å². The lowest BCUT2D eigenvalue weighted by Crippen LogP contribution is -2.02. The highest BCUT2D eigenvalue weighted by atomic mass is 16.3. The molecule has 3 nitrogen and oxygen atoms in total. The summed E-state index contributed by atoms with van der Waals surface area (Å²) in [5, 5.41) is 9.42. The fraction of sp³-hybridized carbons (Fsp3) is 0.231. The molecule has 0 bridgehead atoms. The van der Waals surface area contributed by atoms with Crippen LogP contribution < -0.4 is 5.73 Å². The van der Waals surface area contributed by atoms with Gasteiger partial charge in [-0.05, 0) is 37.6 Å². The Morgan fingerprint density at radius 1 is 1.19 bits per heavy atom. The molecule has 2 rings (SSSR count). The zero-order valence-corrected chi connectivity index (χ0v) is 9.51. The second-order valence-electron chi connectivity index (χ2n) is 4.20. The minimum absolute atomic E-state index is 0.272. The molecule has 2 aromatic rings. The minimum atomic E-state index is 0.272. The third-order valence-corrected chi connectivity index (χ3v) is 2.62. The van der Waals surface area contributed by atoms with E-state index in [0.717, 1.165) is 16.9 Å². The molecule has 0 radical (unpaired) electrons. The van der Waals surface area contributed by atoms with Crippen LogP contribution in [-0.2, 0) is 0 Å². The van der Waals surface area contributed by atoms with E-state index < -0.39 is 0 Å². The van der Waals surface area contributed by atoms with Crippen molar-refractivity contribution in [1.29, 1.82) is 0 Å². The van der Waals surface area contributed by atoms with Crippen molar-refractivity contribution in [3.63, 3.8) is 0 Å². The Morgan fingerprint density at radius 2 is 1.94 bits per heavy atom. The van der Waals surface area contributed by atoms with Crippen LogP contribution in [0.1, 0.15) is 19.9 Å². The number of rotatable bonds is 2. The maximum Gasteiger partial charge on any atom is 0.116 e. The fourth-order valence-electron chi connectivity index (χ4n) is 1.79. The summed E-state index contributed by atoms with van der Waals surface area (Å²) >= 11 is 0. The van der Waals surface area contributed by atoms with Crippen LogP contribution in [0, 0.1) is 0 Å². The van der Waals surface area contributed by atoms with Crippen LogP contribution in [0.5, 0.6) is 5.75 Å². The summed E-state index contributed by atoms with van der Waals surface area (Å²) in [6.45, 7) is 4.17. The number of aromatic nitrogens is 1. The second-order valence-corrected chi connectivity index (χ2v) is 4.20. The molecule has 1 aromatic heterocycles. The monoisotopic (exact) mass is 216 g/mol. The molecule has 3 N–H and O–H groups in total. The SMILES string of the molecule is CC(C)n1cc(-c2cccc(O)c2)cc1N. The highest BCUT2D eigenvalue weighted by Gasteiger charge is 2.07. The van der Waals surface area contributed by atoms with E-state index in [2.05, 4.69) is 13.8 Å². The van der Waals surface area contributed by atoms with Crippen LogP contribution in [0.15, 0.2) is 36.5 Å². The molecule has 0 aliphatic carbocycles. The summed E-state index contributed by atoms with van der Waals surface area (Å²) in [5.74, 6) is 1.02. The zero-order valence-electron chi connectivity index (χ0n) is 9.51. The molecule has 0 aliphatic rings. The highest BCUT2D eigenvalue weighted by molar-refractivity contribution is 5.68. The van der Waals surface area contributed by atoms with Crippen LogP contribution in [0.4, 0.5) is 5.82 Å². The van der Waals surface area contributed by atoms with E-state index >= 15 is 0 Å². The van der Waals surface area contributed by atoms with Gasteiger partial charge in [0, 0.05) is 17.8 Å². The normalized spacial score (nSPS) is 10.9. The summed E-state index contributed by atoms with van der Waals surface area (Å²) in [6.07, 6.45) is 2.01. The predicted molar refractivity (Wildman–Crippen MR) is 66.3 cm³/mol. The standard InChI is InChI=1S/C13H16N2O/c1-9(2)15-8-11(7-13(15)14)10-4-3-5-12(16)6-10/h3-9,16H,14H2,1-2H3. The smallest absolute Gasteiger partial charge is 0.116 e. The fourth-order valence-corrected chi connectivity index (χ4v) is 1.79. The maximum atomic E-state index is 9.42. The first kappa shape index (κ1) is 10.6. The molecule has 1 aromatic carbocycles. The summed E-state index contributed by atoms with van der Waals surface area (Å²) < 4.78 is 2.01. The lowest BCUT2D eigenvalue weighted by Gasteiger charge is -2.08. The lowest BCUT2D eigenvalue weighted by atomic mass is 10.1. The van der Waals surface area contributed by atoms with Crippen molar-refractivity contribution < 1.29 is 5.11 Å². The first-order valence-corrected chi connectivity index (χ1v) is 5.34. The van der Waals surface area contributed by atoms with Crippen molar-refractivity contribution >= 4 is 5.82 Å². The van der Waals surface area contributed by atoms with E-state index in [4.69, 9.17) is 5.73 Å². The van der Waals surface area contributed by atoms with Crippen molar-refractivity contribution in [2.24, 2.45) is 0 Å². The van der Waals surface area contributed by atoms with Crippen molar-refractivity contribution in [1.82, 2.24) is 4.57 Å². The van der Waals surface area contributed by atoms with E-state index in [1.54, 1.807) is 12.1 Å². The van der Waals surface area contributed by atoms with Crippen molar-refractivity contribution in [2.45, 2.75) is 19.9 Å².